The number of benzene rings is 2. The largest absolute Gasteiger partial charge is 0.497 e. The molecule has 1 unspecified atom stereocenters. The van der Waals surface area contributed by atoms with Crippen LogP contribution in [0.5, 0.6) is 5.75 Å². The first-order chi connectivity index (χ1) is 13.2. The fraction of sp³-hybridized carbons (Fsp3) is 0.238. The molecule has 1 aliphatic carbocycles. The lowest BCUT2D eigenvalue weighted by atomic mass is 9.92. The number of hydrogen-bond acceptors (Lipinski definition) is 3. The number of carbonyl (C=O) groups excluding carboxylic acids is 1. The highest BCUT2D eigenvalue weighted by Crippen LogP contribution is 2.31. The first kappa shape index (κ1) is 17.6. The maximum absolute atomic E-state index is 12.6. The van der Waals surface area contributed by atoms with Crippen LogP contribution < -0.4 is 10.1 Å². The maximum Gasteiger partial charge on any atom is 0.251 e. The number of fused-ring (bicyclic) bond motifs is 1. The minimum Gasteiger partial charge on any atom is -0.497 e. The van der Waals surface area contributed by atoms with Crippen molar-refractivity contribution in [1.82, 2.24) is 15.1 Å². The Bertz CT molecular complexity index is 966. The second-order valence-electron chi connectivity index (χ2n) is 6.59. The van der Waals surface area contributed by atoms with Gasteiger partial charge in [-0.15, -0.1) is 0 Å². The van der Waals surface area contributed by atoms with Crippen molar-refractivity contribution >= 4 is 17.5 Å². The number of ether oxygens (including phenoxy) is 1. The average Bonchev–Trinajstić information content (AvgIpc) is 3.13. The van der Waals surface area contributed by atoms with Crippen LogP contribution in [0.4, 0.5) is 0 Å². The van der Waals surface area contributed by atoms with Gasteiger partial charge in [0.25, 0.3) is 5.91 Å². The van der Waals surface area contributed by atoms with Crippen LogP contribution >= 0.6 is 11.6 Å². The summed E-state index contributed by atoms with van der Waals surface area (Å²) in [6.07, 6.45) is 4.69. The van der Waals surface area contributed by atoms with Gasteiger partial charge in [0, 0.05) is 21.8 Å². The number of hydrogen-bond donors (Lipinski definition) is 1. The summed E-state index contributed by atoms with van der Waals surface area (Å²) >= 11 is 6.00. The van der Waals surface area contributed by atoms with Crippen molar-refractivity contribution in [3.63, 3.8) is 0 Å². The van der Waals surface area contributed by atoms with E-state index in [1.165, 1.54) is 0 Å². The molecule has 5 nitrogen and oxygen atoms in total. The molecular weight excluding hydrogens is 362 g/mol. The number of amides is 1. The number of carbonyl (C=O) groups is 1. The maximum atomic E-state index is 12.6. The molecule has 138 valence electrons. The fourth-order valence-electron chi connectivity index (χ4n) is 3.52. The van der Waals surface area contributed by atoms with E-state index in [0.717, 1.165) is 42.0 Å². The molecular formula is C21H20ClN3O2. The van der Waals surface area contributed by atoms with Crippen molar-refractivity contribution in [1.29, 1.82) is 0 Å². The van der Waals surface area contributed by atoms with Gasteiger partial charge < -0.3 is 10.1 Å². The summed E-state index contributed by atoms with van der Waals surface area (Å²) in [6.45, 7) is 0. The van der Waals surface area contributed by atoms with Gasteiger partial charge in [-0.25, -0.2) is 4.68 Å². The number of nitrogens with one attached hydrogen (secondary N) is 1. The van der Waals surface area contributed by atoms with E-state index >= 15 is 0 Å². The summed E-state index contributed by atoms with van der Waals surface area (Å²) in [6, 6.07) is 14.8. The van der Waals surface area contributed by atoms with Crippen molar-refractivity contribution < 1.29 is 9.53 Å². The minimum absolute atomic E-state index is 0.0489. The van der Waals surface area contributed by atoms with Crippen molar-refractivity contribution in [2.45, 2.75) is 25.3 Å². The molecule has 3 aromatic rings. The molecule has 0 saturated heterocycles. The van der Waals surface area contributed by atoms with Crippen LogP contribution in [0.1, 0.15) is 40.5 Å². The highest BCUT2D eigenvalue weighted by Gasteiger charge is 2.26. The van der Waals surface area contributed by atoms with Crippen LogP contribution in [-0.4, -0.2) is 22.8 Å². The molecule has 27 heavy (non-hydrogen) atoms. The molecule has 4 rings (SSSR count). The van der Waals surface area contributed by atoms with Gasteiger partial charge in [0.15, 0.2) is 0 Å². The minimum atomic E-state index is -0.118. The predicted octanol–water partition coefficient (Wildman–Crippen LogP) is 4.34. The van der Waals surface area contributed by atoms with E-state index in [4.69, 9.17) is 16.3 Å². The van der Waals surface area contributed by atoms with Crippen LogP contribution in [-0.2, 0) is 6.42 Å². The lowest BCUT2D eigenvalue weighted by Crippen LogP contribution is -2.31. The Morgan fingerprint density at radius 2 is 2.07 bits per heavy atom. The number of aromatic nitrogens is 2. The summed E-state index contributed by atoms with van der Waals surface area (Å²) in [7, 11) is 1.65. The summed E-state index contributed by atoms with van der Waals surface area (Å²) < 4.78 is 7.17. The van der Waals surface area contributed by atoms with Gasteiger partial charge in [-0.3, -0.25) is 4.79 Å². The zero-order chi connectivity index (χ0) is 18.8. The van der Waals surface area contributed by atoms with Gasteiger partial charge in [0.1, 0.15) is 5.75 Å². The Balaban J connectivity index is 1.59. The Morgan fingerprint density at radius 3 is 2.81 bits per heavy atom. The number of nitrogens with zero attached hydrogens (tertiary/aromatic N) is 2. The van der Waals surface area contributed by atoms with Crippen molar-refractivity contribution in [3.05, 3.63) is 76.6 Å². The van der Waals surface area contributed by atoms with Crippen LogP contribution in [0.2, 0.25) is 5.02 Å². The third-order valence-corrected chi connectivity index (χ3v) is 5.13. The molecule has 0 bridgehead atoms. The van der Waals surface area contributed by atoms with E-state index in [0.29, 0.717) is 10.6 Å². The number of halogens is 1. The van der Waals surface area contributed by atoms with Gasteiger partial charge in [-0.1, -0.05) is 17.7 Å². The van der Waals surface area contributed by atoms with Crippen molar-refractivity contribution in [3.8, 4) is 11.4 Å². The molecule has 1 amide bonds. The van der Waals surface area contributed by atoms with Gasteiger partial charge in [0.05, 0.1) is 25.0 Å². The summed E-state index contributed by atoms with van der Waals surface area (Å²) in [5.41, 5.74) is 3.77. The highest BCUT2D eigenvalue weighted by molar-refractivity contribution is 6.30. The van der Waals surface area contributed by atoms with E-state index in [1.54, 1.807) is 31.4 Å². The first-order valence-corrected chi connectivity index (χ1v) is 9.31. The zero-order valence-electron chi connectivity index (χ0n) is 15.0. The highest BCUT2D eigenvalue weighted by atomic mass is 35.5. The zero-order valence-corrected chi connectivity index (χ0v) is 15.7. The van der Waals surface area contributed by atoms with Gasteiger partial charge >= 0.3 is 0 Å². The second-order valence-corrected chi connectivity index (χ2v) is 7.02. The molecule has 0 spiro atoms. The SMILES string of the molecule is COc1ccc(-n2ncc3c2CCCC3NC(=O)c2cccc(Cl)c2)cc1. The molecule has 2 aromatic carbocycles. The predicted molar refractivity (Wildman–Crippen MR) is 105 cm³/mol. The van der Waals surface area contributed by atoms with E-state index < -0.39 is 0 Å². The van der Waals surface area contributed by atoms with E-state index in [-0.39, 0.29) is 11.9 Å². The topological polar surface area (TPSA) is 56.1 Å². The van der Waals surface area contributed by atoms with Gasteiger partial charge in [0.2, 0.25) is 0 Å². The van der Waals surface area contributed by atoms with Gasteiger partial charge in [-0.2, -0.15) is 5.10 Å². The molecule has 0 aliphatic heterocycles. The van der Waals surface area contributed by atoms with Gasteiger partial charge in [-0.05, 0) is 61.7 Å². The number of rotatable bonds is 4. The Labute approximate surface area is 162 Å². The van der Waals surface area contributed by atoms with E-state index in [1.807, 2.05) is 35.1 Å². The average molecular weight is 382 g/mol. The van der Waals surface area contributed by atoms with Crippen LogP contribution in [0, 0.1) is 0 Å². The molecule has 1 atom stereocenters. The third kappa shape index (κ3) is 3.55. The summed E-state index contributed by atoms with van der Waals surface area (Å²) in [5, 5.41) is 8.26. The first-order valence-electron chi connectivity index (χ1n) is 8.93. The molecule has 6 heteroatoms. The lowest BCUT2D eigenvalue weighted by Gasteiger charge is -2.24. The summed E-state index contributed by atoms with van der Waals surface area (Å²) in [4.78, 5) is 12.6. The molecule has 1 aliphatic rings. The second kappa shape index (κ2) is 7.45. The molecule has 1 N–H and O–H groups in total. The number of methoxy groups -OCH3 is 1. The smallest absolute Gasteiger partial charge is 0.251 e. The van der Waals surface area contributed by atoms with E-state index in [9.17, 15) is 4.79 Å². The molecule has 0 fully saturated rings. The third-order valence-electron chi connectivity index (χ3n) is 4.89. The van der Waals surface area contributed by atoms with E-state index in [2.05, 4.69) is 10.4 Å². The van der Waals surface area contributed by atoms with Crippen LogP contribution in [0.15, 0.2) is 54.7 Å². The standard InChI is InChI=1S/C21H20ClN3O2/c1-27-17-10-8-16(9-11-17)25-20-7-3-6-19(18(20)13-23-25)24-21(26)14-4-2-5-15(22)12-14/h2,4-5,8-13,19H,3,6-7H2,1H3,(H,24,26). The quantitative estimate of drug-likeness (QED) is 0.731. The normalized spacial score (nSPS) is 15.9. The van der Waals surface area contributed by atoms with Crippen LogP contribution in [0.3, 0.4) is 0 Å². The Kier molecular flexibility index (Phi) is 4.86. The Hall–Kier alpha value is -2.79. The van der Waals surface area contributed by atoms with Crippen LogP contribution in [0.25, 0.3) is 5.69 Å². The Morgan fingerprint density at radius 1 is 1.26 bits per heavy atom. The molecule has 1 heterocycles. The molecule has 0 saturated carbocycles. The lowest BCUT2D eigenvalue weighted by molar-refractivity contribution is 0.0932. The van der Waals surface area contributed by atoms with Crippen molar-refractivity contribution in [2.75, 3.05) is 7.11 Å². The van der Waals surface area contributed by atoms with Crippen molar-refractivity contribution in [2.24, 2.45) is 0 Å². The molecule has 0 radical (unpaired) electrons. The monoisotopic (exact) mass is 381 g/mol. The fourth-order valence-corrected chi connectivity index (χ4v) is 3.71. The summed E-state index contributed by atoms with van der Waals surface area (Å²) in [5.74, 6) is 0.694. The molecule has 1 aromatic heterocycles.